The van der Waals surface area contributed by atoms with Crippen LogP contribution in [0.4, 0.5) is 5.69 Å². The zero-order valence-corrected chi connectivity index (χ0v) is 16.2. The van der Waals surface area contributed by atoms with Gasteiger partial charge in [-0.3, -0.25) is 4.79 Å². The van der Waals surface area contributed by atoms with Crippen molar-refractivity contribution < 1.29 is 9.21 Å². The predicted molar refractivity (Wildman–Crippen MR) is 108 cm³/mol. The van der Waals surface area contributed by atoms with Crippen molar-refractivity contribution in [3.05, 3.63) is 63.9 Å². The van der Waals surface area contributed by atoms with Crippen molar-refractivity contribution in [1.29, 1.82) is 0 Å². The van der Waals surface area contributed by atoms with E-state index in [0.29, 0.717) is 0 Å². The van der Waals surface area contributed by atoms with E-state index < -0.39 is 0 Å². The van der Waals surface area contributed by atoms with Crippen molar-refractivity contribution in [3.63, 3.8) is 0 Å². The summed E-state index contributed by atoms with van der Waals surface area (Å²) in [6.07, 6.45) is 5.34. The van der Waals surface area contributed by atoms with E-state index in [0.717, 1.165) is 44.8 Å². The van der Waals surface area contributed by atoms with E-state index in [1.54, 1.807) is 6.26 Å². The molecular formula is C22H24ClNO2. The van der Waals surface area contributed by atoms with Crippen LogP contribution in [0.5, 0.6) is 0 Å². The van der Waals surface area contributed by atoms with Gasteiger partial charge in [-0.25, -0.2) is 0 Å². The van der Waals surface area contributed by atoms with Gasteiger partial charge in [-0.05, 0) is 61.6 Å². The highest BCUT2D eigenvalue weighted by molar-refractivity contribution is 6.33. The summed E-state index contributed by atoms with van der Waals surface area (Å²) in [6, 6.07) is 9.99. The lowest BCUT2D eigenvalue weighted by Crippen LogP contribution is -2.14. The van der Waals surface area contributed by atoms with Gasteiger partial charge in [-0.1, -0.05) is 37.1 Å². The van der Waals surface area contributed by atoms with Crippen molar-refractivity contribution in [2.75, 3.05) is 5.32 Å². The largest absolute Gasteiger partial charge is 0.464 e. The zero-order chi connectivity index (χ0) is 18.7. The van der Waals surface area contributed by atoms with Crippen LogP contribution in [-0.2, 0) is 17.6 Å². The van der Waals surface area contributed by atoms with E-state index in [1.165, 1.54) is 18.4 Å². The topological polar surface area (TPSA) is 42.2 Å². The van der Waals surface area contributed by atoms with Crippen LogP contribution in [0.25, 0.3) is 11.0 Å². The molecule has 0 aliphatic carbocycles. The van der Waals surface area contributed by atoms with E-state index in [-0.39, 0.29) is 12.3 Å². The molecule has 0 aliphatic heterocycles. The molecule has 1 aromatic heterocycles. The zero-order valence-electron chi connectivity index (χ0n) is 15.5. The van der Waals surface area contributed by atoms with Crippen molar-refractivity contribution in [3.8, 4) is 0 Å². The average molecular weight is 370 g/mol. The number of amides is 1. The highest BCUT2D eigenvalue weighted by Gasteiger charge is 2.15. The maximum atomic E-state index is 12.5. The Morgan fingerprint density at radius 2 is 1.92 bits per heavy atom. The van der Waals surface area contributed by atoms with Gasteiger partial charge in [0.05, 0.1) is 12.7 Å². The van der Waals surface area contributed by atoms with Gasteiger partial charge in [0.2, 0.25) is 5.91 Å². The van der Waals surface area contributed by atoms with Crippen LogP contribution in [0.3, 0.4) is 0 Å². The number of aryl methyl sites for hydroxylation is 3. The third-order valence-corrected chi connectivity index (χ3v) is 5.28. The summed E-state index contributed by atoms with van der Waals surface area (Å²) in [5, 5.41) is 4.62. The summed E-state index contributed by atoms with van der Waals surface area (Å²) < 4.78 is 5.63. The highest BCUT2D eigenvalue weighted by atomic mass is 35.5. The van der Waals surface area contributed by atoms with Crippen LogP contribution in [0.15, 0.2) is 41.0 Å². The molecule has 0 unspecified atom stereocenters. The normalized spacial score (nSPS) is 11.1. The van der Waals surface area contributed by atoms with E-state index in [9.17, 15) is 4.79 Å². The molecule has 136 valence electrons. The predicted octanol–water partition coefficient (Wildman–Crippen LogP) is 6.23. The molecule has 0 saturated carbocycles. The van der Waals surface area contributed by atoms with Crippen molar-refractivity contribution in [1.82, 2.24) is 0 Å². The van der Waals surface area contributed by atoms with Crippen LogP contribution >= 0.6 is 11.6 Å². The number of nitrogens with one attached hydrogen (secondary N) is 1. The molecule has 3 rings (SSSR count). The quantitative estimate of drug-likeness (QED) is 0.559. The number of carbonyl (C=O) groups is 1. The molecule has 3 aromatic rings. The van der Waals surface area contributed by atoms with Crippen molar-refractivity contribution >= 4 is 34.2 Å². The number of anilines is 1. The molecule has 1 heterocycles. The van der Waals surface area contributed by atoms with Gasteiger partial charge in [0.15, 0.2) is 0 Å². The van der Waals surface area contributed by atoms with Crippen LogP contribution in [0, 0.1) is 13.8 Å². The average Bonchev–Trinajstić information content (AvgIpc) is 3.01. The van der Waals surface area contributed by atoms with Gasteiger partial charge in [0.1, 0.15) is 5.58 Å². The second kappa shape index (κ2) is 7.96. The highest BCUT2D eigenvalue weighted by Crippen LogP contribution is 2.32. The monoisotopic (exact) mass is 369 g/mol. The Bertz CT molecular complexity index is 925. The SMILES string of the molecule is CCCCc1ccc(NC(=O)Cc2coc3cc(C)c(Cl)c(C)c23)cc1. The number of furan rings is 1. The molecule has 0 aliphatic rings. The number of halogens is 1. The second-order valence-corrected chi connectivity index (χ2v) is 7.17. The number of rotatable bonds is 6. The maximum Gasteiger partial charge on any atom is 0.228 e. The first-order chi connectivity index (χ1) is 12.5. The molecule has 0 spiro atoms. The maximum absolute atomic E-state index is 12.5. The van der Waals surface area contributed by atoms with Gasteiger partial charge in [-0.15, -0.1) is 0 Å². The number of unbranched alkanes of at least 4 members (excludes halogenated alkanes) is 1. The van der Waals surface area contributed by atoms with Crippen LogP contribution in [0.2, 0.25) is 5.02 Å². The van der Waals surface area contributed by atoms with Gasteiger partial charge in [0.25, 0.3) is 0 Å². The third-order valence-electron chi connectivity index (χ3n) is 4.70. The summed E-state index contributed by atoms with van der Waals surface area (Å²) >= 11 is 6.36. The van der Waals surface area contributed by atoms with Crippen LogP contribution in [0.1, 0.15) is 42.0 Å². The first-order valence-electron chi connectivity index (χ1n) is 9.04. The molecule has 0 saturated heterocycles. The number of fused-ring (bicyclic) bond motifs is 1. The molecule has 0 fully saturated rings. The second-order valence-electron chi connectivity index (χ2n) is 6.79. The lowest BCUT2D eigenvalue weighted by molar-refractivity contribution is -0.115. The molecule has 1 N–H and O–H groups in total. The fraction of sp³-hybridized carbons (Fsp3) is 0.318. The molecule has 1 amide bonds. The minimum atomic E-state index is -0.0647. The van der Waals surface area contributed by atoms with E-state index in [2.05, 4.69) is 24.4 Å². The standard InChI is InChI=1S/C22H24ClNO2/c1-4-5-6-16-7-9-18(10-8-16)24-20(25)12-17-13-26-19-11-14(2)22(23)15(3)21(17)19/h7-11,13H,4-6,12H2,1-3H3,(H,24,25). The fourth-order valence-electron chi connectivity index (χ4n) is 3.25. The Labute approximate surface area is 159 Å². The Balaban J connectivity index is 1.72. The van der Waals surface area contributed by atoms with E-state index in [4.69, 9.17) is 16.0 Å². The van der Waals surface area contributed by atoms with Gasteiger partial charge >= 0.3 is 0 Å². The minimum Gasteiger partial charge on any atom is -0.464 e. The van der Waals surface area contributed by atoms with Gasteiger partial charge < -0.3 is 9.73 Å². The van der Waals surface area contributed by atoms with Crippen LogP contribution < -0.4 is 5.32 Å². The Hall–Kier alpha value is -2.26. The first-order valence-corrected chi connectivity index (χ1v) is 9.42. The van der Waals surface area contributed by atoms with Crippen LogP contribution in [-0.4, -0.2) is 5.91 Å². The minimum absolute atomic E-state index is 0.0647. The van der Waals surface area contributed by atoms with E-state index >= 15 is 0 Å². The Morgan fingerprint density at radius 1 is 1.19 bits per heavy atom. The first kappa shape index (κ1) is 18.5. The molecule has 26 heavy (non-hydrogen) atoms. The van der Waals surface area contributed by atoms with Gasteiger partial charge in [-0.2, -0.15) is 0 Å². The van der Waals surface area contributed by atoms with Gasteiger partial charge in [0, 0.05) is 21.7 Å². The molecule has 3 nitrogen and oxygen atoms in total. The molecular weight excluding hydrogens is 346 g/mol. The number of carbonyl (C=O) groups excluding carboxylic acids is 1. The smallest absolute Gasteiger partial charge is 0.228 e. The van der Waals surface area contributed by atoms with Crippen molar-refractivity contribution in [2.45, 2.75) is 46.5 Å². The number of benzene rings is 2. The molecule has 0 atom stereocenters. The number of hydrogen-bond acceptors (Lipinski definition) is 2. The summed E-state index contributed by atoms with van der Waals surface area (Å²) in [6.45, 7) is 6.10. The van der Waals surface area contributed by atoms with E-state index in [1.807, 2.05) is 32.0 Å². The molecule has 0 radical (unpaired) electrons. The molecule has 2 aromatic carbocycles. The lowest BCUT2D eigenvalue weighted by Gasteiger charge is -2.08. The Kier molecular flexibility index (Phi) is 5.67. The fourth-order valence-corrected chi connectivity index (χ4v) is 3.40. The summed E-state index contributed by atoms with van der Waals surface area (Å²) in [4.78, 5) is 12.5. The number of hydrogen-bond donors (Lipinski definition) is 1. The lowest BCUT2D eigenvalue weighted by atomic mass is 10.0. The Morgan fingerprint density at radius 3 is 2.62 bits per heavy atom. The third kappa shape index (κ3) is 3.94. The molecule has 4 heteroatoms. The summed E-state index contributed by atoms with van der Waals surface area (Å²) in [5.41, 5.74) is 5.67. The molecule has 0 bridgehead atoms. The summed E-state index contributed by atoms with van der Waals surface area (Å²) in [5.74, 6) is -0.0647. The van der Waals surface area contributed by atoms with Crippen molar-refractivity contribution in [2.24, 2.45) is 0 Å². The summed E-state index contributed by atoms with van der Waals surface area (Å²) in [7, 11) is 0.